The summed E-state index contributed by atoms with van der Waals surface area (Å²) in [6.45, 7) is 4.58. The fourth-order valence-corrected chi connectivity index (χ4v) is 5.35. The molecule has 0 saturated heterocycles. The second kappa shape index (κ2) is 19.3. The number of benzene rings is 2. The molecule has 1 aromatic heterocycles. The fraction of sp³-hybridized carbons (Fsp3) is 0.452. The number of aromatic nitrogens is 1. The van der Waals surface area contributed by atoms with Crippen molar-refractivity contribution in [3.05, 3.63) is 69.6 Å². The molecule has 0 aliphatic carbocycles. The van der Waals surface area contributed by atoms with Crippen molar-refractivity contribution in [1.29, 1.82) is 0 Å². The number of halogens is 1. The molecule has 0 unspecified atom stereocenters. The van der Waals surface area contributed by atoms with Gasteiger partial charge in [0.05, 0.1) is 25.0 Å². The summed E-state index contributed by atoms with van der Waals surface area (Å²) in [7, 11) is 1.59. The summed E-state index contributed by atoms with van der Waals surface area (Å²) in [5.41, 5.74) is 2.73. The zero-order valence-electron chi connectivity index (χ0n) is 24.6. The minimum Gasteiger partial charge on any atom is -0.794 e. The first-order valence-electron chi connectivity index (χ1n) is 14.1. The molecule has 0 spiro atoms. The number of hydrogen-bond donors (Lipinski definition) is 1. The Bertz CT molecular complexity index is 1350. The van der Waals surface area contributed by atoms with Crippen LogP contribution in [-0.4, -0.2) is 78.5 Å². The number of ether oxygens (including phenoxy) is 1. The molecule has 0 aliphatic rings. The second-order valence-corrected chi connectivity index (χ2v) is 11.2. The molecule has 12 heteroatoms. The van der Waals surface area contributed by atoms with E-state index in [0.29, 0.717) is 53.2 Å². The van der Waals surface area contributed by atoms with Crippen LogP contribution >= 0.6 is 11.6 Å². The Morgan fingerprint density at radius 2 is 1.72 bits per heavy atom. The predicted octanol–water partition coefficient (Wildman–Crippen LogP) is 4.81. The minimum absolute atomic E-state index is 0. The molecule has 8 nitrogen and oxygen atoms in total. The van der Waals surface area contributed by atoms with Gasteiger partial charge in [0.15, 0.2) is 0 Å². The number of unbranched alkanes of at least 4 members (excludes halogenated alkanes) is 3. The fourth-order valence-electron chi connectivity index (χ4n) is 4.87. The van der Waals surface area contributed by atoms with Gasteiger partial charge in [-0.15, -0.1) is 0 Å². The van der Waals surface area contributed by atoms with Crippen LogP contribution in [-0.2, 0) is 58.3 Å². The van der Waals surface area contributed by atoms with Crippen LogP contribution in [0.15, 0.2) is 42.5 Å². The molecule has 1 heterocycles. The summed E-state index contributed by atoms with van der Waals surface area (Å²) >= 11 is 16.0. The third-order valence-electron chi connectivity index (χ3n) is 7.04. The van der Waals surface area contributed by atoms with E-state index in [9.17, 15) is 14.4 Å². The van der Waals surface area contributed by atoms with Gasteiger partial charge in [0.2, 0.25) is 5.91 Å². The van der Waals surface area contributed by atoms with Crippen LogP contribution in [0.2, 0.25) is 5.02 Å². The van der Waals surface area contributed by atoms with Crippen LogP contribution in [0.3, 0.4) is 0 Å². The first-order chi connectivity index (χ1) is 20.3. The van der Waals surface area contributed by atoms with E-state index in [2.05, 4.69) is 15.5 Å². The molecule has 3 rings (SSSR count). The van der Waals surface area contributed by atoms with Crippen molar-refractivity contribution in [1.82, 2.24) is 14.8 Å². The number of nitrogens with one attached hydrogen (secondary N) is 1. The summed E-state index contributed by atoms with van der Waals surface area (Å²) < 4.78 is 7.07. The number of hydrogen-bond acceptors (Lipinski definition) is 7. The molecule has 3 aromatic rings. The molecule has 2 aromatic carbocycles. The average molecular weight is 685 g/mol. The van der Waals surface area contributed by atoms with Crippen LogP contribution in [0.5, 0.6) is 5.75 Å². The van der Waals surface area contributed by atoms with E-state index in [-0.39, 0.29) is 47.8 Å². The number of rotatable bonds is 17. The van der Waals surface area contributed by atoms with Gasteiger partial charge < -0.3 is 45.4 Å². The Kier molecular flexibility index (Phi) is 16.6. The normalized spacial score (nSPS) is 10.9. The largest absolute Gasteiger partial charge is 0.794 e. The molecule has 43 heavy (non-hydrogen) atoms. The van der Waals surface area contributed by atoms with E-state index in [4.69, 9.17) is 41.6 Å². The third-order valence-corrected chi connectivity index (χ3v) is 7.66. The van der Waals surface area contributed by atoms with Gasteiger partial charge in [-0.05, 0) is 80.9 Å². The molecule has 0 aliphatic heterocycles. The molecule has 0 saturated carbocycles. The van der Waals surface area contributed by atoms with E-state index in [0.717, 1.165) is 48.7 Å². The Balaban J connectivity index is 0.00000645. The molecular weight excluding hydrogens is 647 g/mol. The molecular formula is C31H38ClMnN4O4S2-3. The van der Waals surface area contributed by atoms with Crippen molar-refractivity contribution in [2.75, 3.05) is 51.3 Å². The number of carbonyl (C=O) groups excluding carboxylic acids is 3. The number of carbonyl (C=O) groups is 3. The number of amides is 2. The third kappa shape index (κ3) is 11.1. The number of fused-ring (bicyclic) bond motifs is 1. The van der Waals surface area contributed by atoms with Crippen molar-refractivity contribution in [2.24, 2.45) is 0 Å². The van der Waals surface area contributed by atoms with Gasteiger partial charge in [-0.2, -0.15) is 18.1 Å². The smallest absolute Gasteiger partial charge is 0.262 e. The first-order valence-corrected chi connectivity index (χ1v) is 15.7. The Morgan fingerprint density at radius 3 is 2.40 bits per heavy atom. The van der Waals surface area contributed by atoms with Crippen LogP contribution < -0.4 is 10.1 Å². The molecule has 1 radical (unpaired) electrons. The quantitative estimate of drug-likeness (QED) is 0.124. The number of methoxy groups -OCH3 is 1. The van der Waals surface area contributed by atoms with E-state index in [1.807, 2.05) is 25.1 Å². The maximum atomic E-state index is 13.5. The van der Waals surface area contributed by atoms with Gasteiger partial charge in [0.25, 0.3) is 5.91 Å². The summed E-state index contributed by atoms with van der Waals surface area (Å²) in [6.07, 6.45) is 3.89. The van der Waals surface area contributed by atoms with Crippen LogP contribution in [0.1, 0.15) is 47.3 Å². The van der Waals surface area contributed by atoms with Gasteiger partial charge in [-0.3, -0.25) is 19.1 Å². The Labute approximate surface area is 280 Å². The Hall–Kier alpha value is -2.14. The van der Waals surface area contributed by atoms with Crippen LogP contribution in [0.25, 0.3) is 16.2 Å². The van der Waals surface area contributed by atoms with Crippen molar-refractivity contribution in [2.45, 2.75) is 39.0 Å². The molecule has 0 bridgehead atoms. The standard InChI is InChI=1S/C31H41ClN4O4S2.Mn/c1-22-26(20-29(37)33-13-5-3-4-6-15-35(16-18-42)21-30(38)34-14-17-41)27-19-25(40-2)11-12-28(27)36(22)31(39)23-7-9-24(32)10-8-23;/h7-12,19H,3-6,13-18,20-21H2,1-2H3,(H4,33,34,37,38,41,42);/p-3. The van der Waals surface area contributed by atoms with Gasteiger partial charge in [-0.25, -0.2) is 0 Å². The molecule has 2 amide bonds. The molecule has 0 fully saturated rings. The topological polar surface area (TPSA) is 94.7 Å². The van der Waals surface area contributed by atoms with Crippen molar-refractivity contribution in [3.63, 3.8) is 0 Å². The predicted molar refractivity (Wildman–Crippen MR) is 174 cm³/mol. The molecule has 235 valence electrons. The monoisotopic (exact) mass is 684 g/mol. The summed E-state index contributed by atoms with van der Waals surface area (Å²) in [5.74, 6) is 1.24. The van der Waals surface area contributed by atoms with Crippen LogP contribution in [0.4, 0.5) is 0 Å². The van der Waals surface area contributed by atoms with Crippen molar-refractivity contribution >= 4 is 65.5 Å². The van der Waals surface area contributed by atoms with Gasteiger partial charge in [-0.1, -0.05) is 24.4 Å². The summed E-state index contributed by atoms with van der Waals surface area (Å²) in [4.78, 5) is 40.4. The Morgan fingerprint density at radius 1 is 1.00 bits per heavy atom. The van der Waals surface area contributed by atoms with Crippen LogP contribution in [0, 0.1) is 6.92 Å². The second-order valence-electron chi connectivity index (χ2n) is 10.00. The van der Waals surface area contributed by atoms with E-state index in [1.165, 1.54) is 0 Å². The van der Waals surface area contributed by atoms with Crippen molar-refractivity contribution < 1.29 is 36.2 Å². The van der Waals surface area contributed by atoms with E-state index < -0.39 is 0 Å². The van der Waals surface area contributed by atoms with E-state index in [1.54, 1.807) is 35.9 Å². The SMILES string of the molecule is COc1ccc2c(c1)c(CC(=O)NCCCCCCN(CC[S-])CC(=O)[N-]CC[S-])c(C)n2C(=O)c1ccc(Cl)cc1.[Mn]. The first kappa shape index (κ1) is 37.0. The van der Waals surface area contributed by atoms with Gasteiger partial charge in [0, 0.05) is 51.8 Å². The summed E-state index contributed by atoms with van der Waals surface area (Å²) in [5, 5.41) is 8.34. The zero-order chi connectivity index (χ0) is 30.5. The van der Waals surface area contributed by atoms with Gasteiger partial charge in [0.1, 0.15) is 5.75 Å². The maximum absolute atomic E-state index is 13.5. The van der Waals surface area contributed by atoms with Crippen molar-refractivity contribution in [3.8, 4) is 5.75 Å². The van der Waals surface area contributed by atoms with E-state index >= 15 is 0 Å². The molecule has 1 N–H and O–H groups in total. The average Bonchev–Trinajstić information content (AvgIpc) is 3.25. The molecule has 0 atom stereocenters. The minimum atomic E-state index is -0.188. The zero-order valence-corrected chi connectivity index (χ0v) is 28.1. The van der Waals surface area contributed by atoms with Gasteiger partial charge >= 0.3 is 0 Å². The maximum Gasteiger partial charge on any atom is 0.262 e. The summed E-state index contributed by atoms with van der Waals surface area (Å²) in [6, 6.07) is 12.3. The number of nitrogens with zero attached hydrogens (tertiary/aromatic N) is 3.